The first-order valence-corrected chi connectivity index (χ1v) is 12.2. The third kappa shape index (κ3) is 6.31. The Kier molecular flexibility index (Phi) is 9.99. The lowest BCUT2D eigenvalue weighted by Crippen LogP contribution is -2.38. The number of rotatable bonds is 15. The lowest BCUT2D eigenvalue weighted by atomic mass is 10.0. The van der Waals surface area contributed by atoms with Crippen molar-refractivity contribution in [3.8, 4) is 0 Å². The molecule has 1 unspecified atom stereocenters. The minimum atomic E-state index is -0.624. The maximum Gasteiger partial charge on any atom is 0.209 e. The van der Waals surface area contributed by atoms with E-state index in [9.17, 15) is 4.79 Å². The summed E-state index contributed by atoms with van der Waals surface area (Å²) in [6.45, 7) is 8.78. The van der Waals surface area contributed by atoms with Crippen LogP contribution in [0.15, 0.2) is 11.3 Å². The maximum absolute atomic E-state index is 12.4. The van der Waals surface area contributed by atoms with Crippen molar-refractivity contribution in [2.75, 3.05) is 20.8 Å². The summed E-state index contributed by atoms with van der Waals surface area (Å²) in [5, 5.41) is 0. The third-order valence-electron chi connectivity index (χ3n) is 7.12. The number of allylic oxidation sites excluding steroid dienone is 2. The zero-order valence-corrected chi connectivity index (χ0v) is 20.6. The summed E-state index contributed by atoms with van der Waals surface area (Å²) in [5.41, 5.74) is 0.875. The highest BCUT2D eigenvalue weighted by Gasteiger charge is 2.48. The number of hydrogen-bond acceptors (Lipinski definition) is 6. The molecule has 2 rings (SSSR count). The van der Waals surface area contributed by atoms with Gasteiger partial charge in [0, 0.05) is 51.9 Å². The topological polar surface area (TPSA) is 63.2 Å². The molecule has 1 aliphatic carbocycles. The minimum absolute atomic E-state index is 0.234. The van der Waals surface area contributed by atoms with Gasteiger partial charge in [-0.05, 0) is 32.1 Å². The van der Waals surface area contributed by atoms with Crippen molar-refractivity contribution in [2.24, 2.45) is 0 Å². The number of carbonyl (C=O) groups excluding carboxylic acids is 1. The molecule has 1 fully saturated rings. The second kappa shape index (κ2) is 11.8. The highest BCUT2D eigenvalue weighted by Crippen LogP contribution is 2.40. The molecule has 1 saturated heterocycles. The molecule has 180 valence electrons. The van der Waals surface area contributed by atoms with E-state index in [0.29, 0.717) is 19.4 Å². The largest absolute Gasteiger partial charge is 0.466 e. The van der Waals surface area contributed by atoms with Crippen LogP contribution in [0.4, 0.5) is 0 Å². The first-order chi connectivity index (χ1) is 14.9. The predicted octanol–water partition coefficient (Wildman–Crippen LogP) is 6.03. The van der Waals surface area contributed by atoms with E-state index >= 15 is 0 Å². The van der Waals surface area contributed by atoms with Gasteiger partial charge in [0.15, 0.2) is 17.4 Å². The number of unbranched alkanes of at least 4 members (excludes halogenated alkanes) is 3. The summed E-state index contributed by atoms with van der Waals surface area (Å²) in [4.78, 5) is 12.4. The zero-order valence-electron chi connectivity index (χ0n) is 20.6. The van der Waals surface area contributed by atoms with Crippen molar-refractivity contribution >= 4 is 5.78 Å². The van der Waals surface area contributed by atoms with E-state index < -0.39 is 17.4 Å². The quantitative estimate of drug-likeness (QED) is 0.229. The van der Waals surface area contributed by atoms with Crippen molar-refractivity contribution in [1.29, 1.82) is 0 Å². The number of carbonyl (C=O) groups is 1. The molecule has 1 heterocycles. The predicted molar refractivity (Wildman–Crippen MR) is 120 cm³/mol. The first-order valence-electron chi connectivity index (χ1n) is 12.2. The molecule has 0 N–H and O–H groups in total. The molecule has 0 saturated carbocycles. The van der Waals surface area contributed by atoms with Gasteiger partial charge in [-0.25, -0.2) is 0 Å². The van der Waals surface area contributed by atoms with Crippen LogP contribution in [-0.4, -0.2) is 44.0 Å². The van der Waals surface area contributed by atoms with Crippen LogP contribution in [0.25, 0.3) is 0 Å². The zero-order chi connectivity index (χ0) is 23.0. The van der Waals surface area contributed by atoms with Gasteiger partial charge in [-0.3, -0.25) is 4.79 Å². The number of ketones is 1. The van der Waals surface area contributed by atoms with Crippen LogP contribution in [0.2, 0.25) is 0 Å². The Morgan fingerprint density at radius 3 is 2.19 bits per heavy atom. The van der Waals surface area contributed by atoms with Gasteiger partial charge in [0.05, 0.1) is 0 Å². The van der Waals surface area contributed by atoms with Crippen LogP contribution in [0.1, 0.15) is 105 Å². The number of methoxy groups -OCH3 is 2. The highest BCUT2D eigenvalue weighted by atomic mass is 16.8. The molecule has 2 aliphatic rings. The molecule has 1 atom stereocenters. The Morgan fingerprint density at radius 1 is 0.968 bits per heavy atom. The Morgan fingerprint density at radius 2 is 1.65 bits per heavy atom. The summed E-state index contributed by atoms with van der Waals surface area (Å²) in [6.07, 6.45) is 10.2. The van der Waals surface area contributed by atoms with E-state index in [0.717, 1.165) is 75.5 Å². The highest BCUT2D eigenvalue weighted by molar-refractivity contribution is 5.98. The van der Waals surface area contributed by atoms with Gasteiger partial charge in [0.25, 0.3) is 0 Å². The van der Waals surface area contributed by atoms with Crippen LogP contribution in [0.3, 0.4) is 0 Å². The molecule has 6 heteroatoms. The van der Waals surface area contributed by atoms with E-state index in [1.54, 1.807) is 14.2 Å². The molecule has 0 aromatic carbocycles. The van der Waals surface area contributed by atoms with Gasteiger partial charge in [0.2, 0.25) is 5.79 Å². The van der Waals surface area contributed by atoms with Crippen LogP contribution in [0.5, 0.6) is 0 Å². The lowest BCUT2D eigenvalue weighted by molar-refractivity contribution is -0.261. The molecule has 0 radical (unpaired) electrons. The van der Waals surface area contributed by atoms with Gasteiger partial charge in [-0.1, -0.05) is 40.5 Å². The van der Waals surface area contributed by atoms with Crippen LogP contribution < -0.4 is 0 Å². The van der Waals surface area contributed by atoms with Crippen molar-refractivity contribution in [2.45, 2.75) is 122 Å². The van der Waals surface area contributed by atoms with E-state index in [1.807, 2.05) is 0 Å². The van der Waals surface area contributed by atoms with Crippen molar-refractivity contribution < 1.29 is 28.5 Å². The van der Waals surface area contributed by atoms with E-state index in [2.05, 4.69) is 27.7 Å². The molecule has 0 spiro atoms. The van der Waals surface area contributed by atoms with Crippen molar-refractivity contribution in [1.82, 2.24) is 0 Å². The van der Waals surface area contributed by atoms with Gasteiger partial charge < -0.3 is 23.7 Å². The van der Waals surface area contributed by atoms with Crippen LogP contribution in [-0.2, 0) is 28.5 Å². The number of Topliss-reactive ketones (excluding diaryl/α,β-unsaturated/α-hetero) is 1. The molecule has 6 nitrogen and oxygen atoms in total. The second-order valence-electron chi connectivity index (χ2n) is 8.79. The Labute approximate surface area is 189 Å². The normalized spacial score (nSPS) is 23.7. The minimum Gasteiger partial charge on any atom is -0.466 e. The molecule has 0 aromatic heterocycles. The summed E-state index contributed by atoms with van der Waals surface area (Å²) in [6, 6.07) is 0. The SMILES string of the molecule is CCC(CC)(OC)OC1=C(CCCCCCC2(OC)COC(CC)(CC)O2)C(=O)CC1. The first kappa shape index (κ1) is 26.3. The molecule has 1 aliphatic heterocycles. The molecule has 31 heavy (non-hydrogen) atoms. The fourth-order valence-corrected chi connectivity index (χ4v) is 4.64. The molecule has 0 aromatic rings. The molecular weight excluding hydrogens is 396 g/mol. The fourth-order valence-electron chi connectivity index (χ4n) is 4.64. The van der Waals surface area contributed by atoms with Crippen molar-refractivity contribution in [3.63, 3.8) is 0 Å². The standard InChI is InChI=1S/C25H44O6/c1-7-23(8-2,27-5)30-22-17-16-21(26)20(22)15-13-11-12-14-18-25(28-6)19-29-24(9-3,10-4)31-25/h7-19H2,1-6H3. The van der Waals surface area contributed by atoms with Crippen LogP contribution in [0, 0.1) is 0 Å². The lowest BCUT2D eigenvalue weighted by Gasteiger charge is -2.32. The Hall–Kier alpha value is -0.950. The monoisotopic (exact) mass is 440 g/mol. The average Bonchev–Trinajstić information content (AvgIpc) is 3.36. The smallest absolute Gasteiger partial charge is 0.209 e. The number of ether oxygens (including phenoxy) is 5. The Balaban J connectivity index is 1.80. The van der Waals surface area contributed by atoms with Gasteiger partial charge in [0.1, 0.15) is 12.4 Å². The van der Waals surface area contributed by atoms with Crippen molar-refractivity contribution in [3.05, 3.63) is 11.3 Å². The van der Waals surface area contributed by atoms with Gasteiger partial charge in [-0.2, -0.15) is 0 Å². The van der Waals surface area contributed by atoms with E-state index in [-0.39, 0.29) is 5.78 Å². The summed E-state index contributed by atoms with van der Waals surface area (Å²) in [5.74, 6) is -0.662. The van der Waals surface area contributed by atoms with E-state index in [1.165, 1.54) is 0 Å². The van der Waals surface area contributed by atoms with Gasteiger partial charge in [-0.15, -0.1) is 0 Å². The summed E-state index contributed by atoms with van der Waals surface area (Å²) >= 11 is 0. The summed E-state index contributed by atoms with van der Waals surface area (Å²) in [7, 11) is 3.39. The second-order valence-corrected chi connectivity index (χ2v) is 8.79. The molecule has 0 amide bonds. The maximum atomic E-state index is 12.4. The van der Waals surface area contributed by atoms with E-state index in [4.69, 9.17) is 23.7 Å². The summed E-state index contributed by atoms with van der Waals surface area (Å²) < 4.78 is 29.8. The molecule has 0 bridgehead atoms. The van der Waals surface area contributed by atoms with Gasteiger partial charge >= 0.3 is 0 Å². The molecular formula is C25H44O6. The average molecular weight is 441 g/mol. The Bertz CT molecular complexity index is 597. The number of hydrogen-bond donors (Lipinski definition) is 0. The fraction of sp³-hybridized carbons (Fsp3) is 0.880. The third-order valence-corrected chi connectivity index (χ3v) is 7.12. The van der Waals surface area contributed by atoms with Crippen LogP contribution >= 0.6 is 0 Å².